The number of unbranched alkanes of at least 4 members (excludes halogenated alkanes) is 3. The molecule has 182 valence electrons. The average Bonchev–Trinajstić information content (AvgIpc) is 3.12. The van der Waals surface area contributed by atoms with Crippen molar-refractivity contribution in [3.05, 3.63) is 48.5 Å². The number of thioether (sulfide) groups is 1. The fraction of sp³-hybridized carbons (Fsp3) is 0.423. The largest absolute Gasteiger partial charge is 0.497 e. The SMILES string of the molecule is CCCCCCOc1ccc(N2C(=O)C[C@@H](SC(=NCC)Nc3ccc(OC)cc3)C2=O)cc1. The lowest BCUT2D eigenvalue weighted by Crippen LogP contribution is -2.31. The first-order valence-electron chi connectivity index (χ1n) is 11.8. The Balaban J connectivity index is 1.60. The van der Waals surface area contributed by atoms with E-state index in [2.05, 4.69) is 17.2 Å². The highest BCUT2D eigenvalue weighted by Crippen LogP contribution is 2.32. The predicted molar refractivity (Wildman–Crippen MR) is 139 cm³/mol. The van der Waals surface area contributed by atoms with Crippen LogP contribution in [0.25, 0.3) is 0 Å². The predicted octanol–water partition coefficient (Wildman–Crippen LogP) is 5.51. The van der Waals surface area contributed by atoms with Crippen LogP contribution in [0.3, 0.4) is 0 Å². The van der Waals surface area contributed by atoms with Crippen LogP contribution in [-0.4, -0.2) is 42.5 Å². The first-order valence-corrected chi connectivity index (χ1v) is 12.7. The van der Waals surface area contributed by atoms with Crippen LogP contribution in [0.4, 0.5) is 11.4 Å². The van der Waals surface area contributed by atoms with E-state index in [0.29, 0.717) is 24.0 Å². The third-order valence-corrected chi connectivity index (χ3v) is 6.47. The number of nitrogens with one attached hydrogen (secondary N) is 1. The van der Waals surface area contributed by atoms with Crippen LogP contribution >= 0.6 is 11.8 Å². The van der Waals surface area contributed by atoms with Gasteiger partial charge in [-0.3, -0.25) is 14.6 Å². The number of ether oxygens (including phenoxy) is 2. The van der Waals surface area contributed by atoms with Gasteiger partial charge in [-0.25, -0.2) is 4.90 Å². The van der Waals surface area contributed by atoms with Gasteiger partial charge in [0, 0.05) is 18.7 Å². The molecule has 1 saturated heterocycles. The second kappa shape index (κ2) is 13.0. The van der Waals surface area contributed by atoms with Crippen molar-refractivity contribution in [2.24, 2.45) is 4.99 Å². The Morgan fingerprint density at radius 1 is 1.03 bits per heavy atom. The molecule has 1 aliphatic heterocycles. The number of hydrogen-bond acceptors (Lipinski definition) is 6. The van der Waals surface area contributed by atoms with Crippen molar-refractivity contribution in [3.8, 4) is 11.5 Å². The second-order valence-corrected chi connectivity index (χ2v) is 9.11. The Labute approximate surface area is 205 Å². The molecule has 1 N–H and O–H groups in total. The minimum absolute atomic E-state index is 0.131. The Morgan fingerprint density at radius 2 is 1.74 bits per heavy atom. The van der Waals surface area contributed by atoms with E-state index in [1.807, 2.05) is 43.3 Å². The molecule has 0 saturated carbocycles. The number of anilines is 2. The summed E-state index contributed by atoms with van der Waals surface area (Å²) in [6, 6.07) is 14.6. The number of imide groups is 1. The molecule has 1 atom stereocenters. The molecule has 0 bridgehead atoms. The molecule has 8 heteroatoms. The summed E-state index contributed by atoms with van der Waals surface area (Å²) in [6.07, 6.45) is 4.70. The summed E-state index contributed by atoms with van der Waals surface area (Å²) in [6.45, 7) is 5.33. The minimum Gasteiger partial charge on any atom is -0.497 e. The smallest absolute Gasteiger partial charge is 0.247 e. The van der Waals surface area contributed by atoms with Gasteiger partial charge < -0.3 is 14.8 Å². The van der Waals surface area contributed by atoms with Crippen LogP contribution in [0, 0.1) is 0 Å². The van der Waals surface area contributed by atoms with E-state index in [4.69, 9.17) is 9.47 Å². The lowest BCUT2D eigenvalue weighted by molar-refractivity contribution is -0.121. The second-order valence-electron chi connectivity index (χ2n) is 7.91. The molecule has 34 heavy (non-hydrogen) atoms. The molecule has 1 fully saturated rings. The molecule has 1 heterocycles. The fourth-order valence-corrected chi connectivity index (χ4v) is 4.64. The van der Waals surface area contributed by atoms with Crippen molar-refractivity contribution >= 4 is 40.1 Å². The molecule has 0 spiro atoms. The number of methoxy groups -OCH3 is 1. The molecule has 0 aliphatic carbocycles. The molecular formula is C26H33N3O4S. The van der Waals surface area contributed by atoms with Gasteiger partial charge in [-0.15, -0.1) is 0 Å². The highest BCUT2D eigenvalue weighted by Gasteiger charge is 2.40. The van der Waals surface area contributed by atoms with Gasteiger partial charge >= 0.3 is 0 Å². The lowest BCUT2D eigenvalue weighted by atomic mass is 10.2. The van der Waals surface area contributed by atoms with Gasteiger partial charge in [-0.2, -0.15) is 0 Å². The summed E-state index contributed by atoms with van der Waals surface area (Å²) in [5, 5.41) is 3.32. The van der Waals surface area contributed by atoms with E-state index >= 15 is 0 Å². The molecule has 0 aromatic heterocycles. The highest BCUT2D eigenvalue weighted by atomic mass is 32.2. The number of benzene rings is 2. The zero-order valence-electron chi connectivity index (χ0n) is 20.1. The number of hydrogen-bond donors (Lipinski definition) is 1. The maximum absolute atomic E-state index is 13.1. The molecule has 2 aromatic rings. The third kappa shape index (κ3) is 7.00. The zero-order chi connectivity index (χ0) is 24.3. The Bertz CT molecular complexity index is 977. The average molecular weight is 484 g/mol. The molecule has 2 aromatic carbocycles. The zero-order valence-corrected chi connectivity index (χ0v) is 20.9. The number of amides is 2. The van der Waals surface area contributed by atoms with E-state index in [1.54, 1.807) is 19.2 Å². The fourth-order valence-electron chi connectivity index (χ4n) is 3.56. The minimum atomic E-state index is -0.530. The van der Waals surface area contributed by atoms with Crippen LogP contribution in [0.1, 0.15) is 46.0 Å². The van der Waals surface area contributed by atoms with Crippen LogP contribution in [0.2, 0.25) is 0 Å². The van der Waals surface area contributed by atoms with Gasteiger partial charge in [0.25, 0.3) is 0 Å². The number of carbonyl (C=O) groups excluding carboxylic acids is 2. The van der Waals surface area contributed by atoms with E-state index in [0.717, 1.165) is 30.0 Å². The summed E-state index contributed by atoms with van der Waals surface area (Å²) in [5.41, 5.74) is 1.40. The van der Waals surface area contributed by atoms with E-state index in [1.165, 1.54) is 29.5 Å². The molecule has 0 radical (unpaired) electrons. The van der Waals surface area contributed by atoms with Crippen molar-refractivity contribution in [2.45, 2.75) is 51.2 Å². The van der Waals surface area contributed by atoms with Crippen molar-refractivity contribution in [1.29, 1.82) is 0 Å². The monoisotopic (exact) mass is 483 g/mol. The Hall–Kier alpha value is -3.00. The molecule has 2 amide bonds. The van der Waals surface area contributed by atoms with E-state index < -0.39 is 5.25 Å². The molecular weight excluding hydrogens is 450 g/mol. The van der Waals surface area contributed by atoms with Gasteiger partial charge in [0.2, 0.25) is 11.8 Å². The van der Waals surface area contributed by atoms with E-state index in [9.17, 15) is 9.59 Å². The molecule has 7 nitrogen and oxygen atoms in total. The maximum Gasteiger partial charge on any atom is 0.247 e. The van der Waals surface area contributed by atoms with Gasteiger partial charge in [-0.1, -0.05) is 37.9 Å². The van der Waals surface area contributed by atoms with Gasteiger partial charge in [0.05, 0.1) is 19.4 Å². The third-order valence-electron chi connectivity index (χ3n) is 5.36. The van der Waals surface area contributed by atoms with E-state index in [-0.39, 0.29) is 18.2 Å². The molecule has 1 aliphatic rings. The summed E-state index contributed by atoms with van der Waals surface area (Å²) in [7, 11) is 1.62. The maximum atomic E-state index is 13.1. The summed E-state index contributed by atoms with van der Waals surface area (Å²) >= 11 is 1.28. The number of rotatable bonds is 11. The molecule has 0 unspecified atom stereocenters. The van der Waals surface area contributed by atoms with Crippen molar-refractivity contribution in [2.75, 3.05) is 30.5 Å². The number of nitrogens with zero attached hydrogens (tertiary/aromatic N) is 2. The normalized spacial score (nSPS) is 16.1. The summed E-state index contributed by atoms with van der Waals surface area (Å²) in [5.74, 6) is 1.05. The number of aliphatic imine (C=N–C) groups is 1. The van der Waals surface area contributed by atoms with Gasteiger partial charge in [-0.05, 0) is 61.9 Å². The van der Waals surface area contributed by atoms with Gasteiger partial charge in [0.1, 0.15) is 16.7 Å². The highest BCUT2D eigenvalue weighted by molar-refractivity contribution is 8.15. The molecule has 3 rings (SSSR count). The lowest BCUT2D eigenvalue weighted by Gasteiger charge is -2.16. The van der Waals surface area contributed by atoms with Crippen molar-refractivity contribution in [3.63, 3.8) is 0 Å². The summed E-state index contributed by atoms with van der Waals surface area (Å²) in [4.78, 5) is 31.6. The number of amidine groups is 1. The Kier molecular flexibility index (Phi) is 9.82. The van der Waals surface area contributed by atoms with Gasteiger partial charge in [0.15, 0.2) is 5.17 Å². The van der Waals surface area contributed by atoms with Crippen LogP contribution in [0.5, 0.6) is 11.5 Å². The standard InChI is InChI=1S/C26H33N3O4S/c1-4-6-7-8-17-33-22-15-11-20(12-16-22)29-24(30)18-23(25(29)31)34-26(27-5-2)28-19-9-13-21(32-3)14-10-19/h9-16,23H,4-8,17-18H2,1-3H3,(H,27,28)/t23-/m1/s1. The Morgan fingerprint density at radius 3 is 2.38 bits per heavy atom. The summed E-state index contributed by atoms with van der Waals surface area (Å²) < 4.78 is 11.0. The van der Waals surface area contributed by atoms with Crippen LogP contribution in [0.15, 0.2) is 53.5 Å². The first kappa shape index (κ1) is 25.6. The topological polar surface area (TPSA) is 80.2 Å². The van der Waals surface area contributed by atoms with Crippen LogP contribution < -0.4 is 19.7 Å². The van der Waals surface area contributed by atoms with Crippen molar-refractivity contribution in [1.82, 2.24) is 0 Å². The quantitative estimate of drug-likeness (QED) is 0.197. The van der Waals surface area contributed by atoms with Crippen LogP contribution in [-0.2, 0) is 9.59 Å². The van der Waals surface area contributed by atoms with Crippen molar-refractivity contribution < 1.29 is 19.1 Å². The first-order chi connectivity index (χ1) is 16.5. The number of carbonyl (C=O) groups is 2.